The van der Waals surface area contributed by atoms with Crippen LogP contribution in [0, 0.1) is 18.0 Å². The molecule has 1 unspecified atom stereocenters. The number of hydrogen-bond acceptors (Lipinski definition) is 10. The van der Waals surface area contributed by atoms with Crippen LogP contribution in [0.1, 0.15) is 59.2 Å². The molecule has 1 N–H and O–H groups in total. The number of halogens is 3. The molecule has 19 heteroatoms. The lowest BCUT2D eigenvalue weighted by Crippen LogP contribution is -2.46. The molecular weight excluding hydrogens is 735 g/mol. The highest BCUT2D eigenvalue weighted by molar-refractivity contribution is 7.90. The Morgan fingerprint density at radius 3 is 2.17 bits per heavy atom. The van der Waals surface area contributed by atoms with Gasteiger partial charge in [0.2, 0.25) is 11.5 Å². The number of imide groups is 1. The third-order valence-electron chi connectivity index (χ3n) is 8.85. The van der Waals surface area contributed by atoms with Gasteiger partial charge in [-0.1, -0.05) is 62.2 Å². The van der Waals surface area contributed by atoms with Gasteiger partial charge in [0, 0.05) is 5.56 Å². The quantitative estimate of drug-likeness (QED) is 0.0725. The van der Waals surface area contributed by atoms with Gasteiger partial charge in [-0.3, -0.25) is 9.59 Å². The van der Waals surface area contributed by atoms with Crippen molar-refractivity contribution >= 4 is 27.9 Å². The molecule has 1 aliphatic rings. The van der Waals surface area contributed by atoms with Crippen LogP contribution in [-0.4, -0.2) is 76.9 Å². The number of likely N-dealkylation sites (N-methyl/N-ethyl adjacent to an activating group) is 1. The van der Waals surface area contributed by atoms with Crippen LogP contribution in [0.5, 0.6) is 0 Å². The van der Waals surface area contributed by atoms with E-state index in [-0.39, 0.29) is 33.4 Å². The topological polar surface area (TPSA) is 179 Å². The Hall–Kier alpha value is -5.98. The molecule has 1 aromatic heterocycles. The van der Waals surface area contributed by atoms with Crippen LogP contribution in [0.2, 0.25) is 0 Å². The minimum absolute atomic E-state index is 0.0482. The van der Waals surface area contributed by atoms with Crippen LogP contribution in [0.25, 0.3) is 16.9 Å². The molecule has 0 saturated heterocycles. The lowest BCUT2D eigenvalue weighted by atomic mass is 10.00. The fourth-order valence-electron chi connectivity index (χ4n) is 5.56. The number of hydrogen-bond donors (Lipinski definition) is 1. The Balaban J connectivity index is 1.23. The summed E-state index contributed by atoms with van der Waals surface area (Å²) in [4.78, 5) is 43.8. The van der Waals surface area contributed by atoms with E-state index in [1.54, 1.807) is 48.0 Å². The first-order valence-electron chi connectivity index (χ1n) is 16.5. The number of aryl methyl sites for hydroxylation is 1. The van der Waals surface area contributed by atoms with Crippen LogP contribution >= 0.6 is 0 Å². The van der Waals surface area contributed by atoms with E-state index in [0.717, 1.165) is 38.4 Å². The molecule has 54 heavy (non-hydrogen) atoms. The number of carbonyl (C=O) groups is 3. The number of hydrazine groups is 1. The summed E-state index contributed by atoms with van der Waals surface area (Å²) in [5.74, 6) is -1.54. The summed E-state index contributed by atoms with van der Waals surface area (Å²) in [6.07, 6.45) is -6.86. The molecule has 4 aromatic rings. The molecule has 3 atom stereocenters. The Bertz CT molecular complexity index is 2140. The Morgan fingerprint density at radius 1 is 1.02 bits per heavy atom. The number of sulfonamides is 1. The standard InChI is InChI=1S/C35H36F3N7O8S/c1-6-22(3)30(42(5)45(49)41-53-23(4)43-32(46)27-9-7-8-10-28(27)33(43)47)20-52-34(48)40-54(50,51)26-17-15-25(16-18-26)44-29(19-31(39-44)35(36,37)38)24-13-11-21(2)12-14-24/h7-19,22-23,30H,6,20H2,1-5H3,(H,40,48)/b45-41+/t22-,23?,30-/m1/s1. The van der Waals surface area contributed by atoms with Gasteiger partial charge in [-0.15, -0.1) is 5.01 Å². The smallest absolute Gasteiger partial charge is 0.435 e. The Morgan fingerprint density at radius 2 is 1.61 bits per heavy atom. The highest BCUT2D eigenvalue weighted by atomic mass is 32.2. The fourth-order valence-corrected chi connectivity index (χ4v) is 6.45. The minimum Gasteiger partial charge on any atom is -0.569 e. The summed E-state index contributed by atoms with van der Waals surface area (Å²) in [6, 6.07) is 17.6. The van der Waals surface area contributed by atoms with E-state index >= 15 is 0 Å². The first-order valence-corrected chi connectivity index (χ1v) is 18.0. The van der Waals surface area contributed by atoms with Crippen LogP contribution in [0.15, 0.2) is 89.0 Å². The van der Waals surface area contributed by atoms with E-state index in [9.17, 15) is 41.2 Å². The molecule has 0 fully saturated rings. The Labute approximate surface area is 308 Å². The second-order valence-corrected chi connectivity index (χ2v) is 14.2. The van der Waals surface area contributed by atoms with Crippen molar-refractivity contribution in [1.82, 2.24) is 24.4 Å². The average Bonchev–Trinajstić information content (AvgIpc) is 3.70. The van der Waals surface area contributed by atoms with Crippen LogP contribution < -0.4 is 4.72 Å². The summed E-state index contributed by atoms with van der Waals surface area (Å²) in [7, 11) is -3.20. The third kappa shape index (κ3) is 8.30. The second-order valence-electron chi connectivity index (χ2n) is 12.5. The zero-order valence-corrected chi connectivity index (χ0v) is 30.5. The van der Waals surface area contributed by atoms with Gasteiger partial charge in [-0.2, -0.15) is 18.3 Å². The fraction of sp³-hybridized carbons (Fsp3) is 0.314. The average molecular weight is 772 g/mol. The Kier molecular flexibility index (Phi) is 11.3. The molecule has 0 bridgehead atoms. The minimum atomic E-state index is -4.74. The first-order chi connectivity index (χ1) is 25.4. The number of amides is 3. The summed E-state index contributed by atoms with van der Waals surface area (Å²) in [6.45, 7) is 6.27. The maximum atomic E-state index is 13.6. The van der Waals surface area contributed by atoms with Crippen molar-refractivity contribution in [2.75, 3.05) is 13.7 Å². The normalized spacial score (nSPS) is 15.0. The molecule has 0 spiro atoms. The number of alkyl halides is 3. The van der Waals surface area contributed by atoms with E-state index in [2.05, 4.69) is 10.4 Å². The van der Waals surface area contributed by atoms with Gasteiger partial charge < -0.3 is 14.8 Å². The summed E-state index contributed by atoms with van der Waals surface area (Å²) >= 11 is 0. The summed E-state index contributed by atoms with van der Waals surface area (Å²) in [5.41, 5.74) is 0.812. The number of ether oxygens (including phenoxy) is 1. The molecule has 3 amide bonds. The number of nitrogens with one attached hydrogen (secondary N) is 1. The largest absolute Gasteiger partial charge is 0.569 e. The molecule has 15 nitrogen and oxygen atoms in total. The van der Waals surface area contributed by atoms with Crippen molar-refractivity contribution in [2.45, 2.75) is 57.5 Å². The summed E-state index contributed by atoms with van der Waals surface area (Å²) < 4.78 is 74.9. The van der Waals surface area contributed by atoms with E-state index < -0.39 is 63.6 Å². The molecule has 286 valence electrons. The molecule has 0 aliphatic carbocycles. The molecule has 0 radical (unpaired) electrons. The van der Waals surface area contributed by atoms with Crippen molar-refractivity contribution in [1.29, 1.82) is 0 Å². The predicted octanol–water partition coefficient (Wildman–Crippen LogP) is 6.08. The first kappa shape index (κ1) is 39.2. The lowest BCUT2D eigenvalue weighted by molar-refractivity contribution is -0.716. The zero-order valence-electron chi connectivity index (χ0n) is 29.6. The molecule has 0 saturated carbocycles. The lowest BCUT2D eigenvalue weighted by Gasteiger charge is -2.28. The monoisotopic (exact) mass is 771 g/mol. The van der Waals surface area contributed by atoms with E-state index in [4.69, 9.17) is 9.57 Å². The number of carbonyl (C=O) groups excluding carboxylic acids is 3. The number of benzene rings is 3. The van der Waals surface area contributed by atoms with Crippen molar-refractivity contribution in [3.8, 4) is 16.9 Å². The van der Waals surface area contributed by atoms with E-state index in [0.29, 0.717) is 12.0 Å². The van der Waals surface area contributed by atoms with Gasteiger partial charge >= 0.3 is 12.3 Å². The SMILES string of the molecule is CC[C@@H](C)[C@@H](COC(=O)NS(=O)(=O)c1ccc(-n2nc(C(F)(F)F)cc2-c2ccc(C)cc2)cc1)N(C)/[N+]([O-])=N\OC(C)N1C(=O)c2ccccc2C1=O. The van der Waals surface area contributed by atoms with E-state index in [1.807, 2.05) is 13.8 Å². The van der Waals surface area contributed by atoms with Crippen molar-refractivity contribution in [3.63, 3.8) is 0 Å². The predicted molar refractivity (Wildman–Crippen MR) is 185 cm³/mol. The summed E-state index contributed by atoms with van der Waals surface area (Å²) in [5, 5.41) is 21.1. The van der Waals surface area contributed by atoms with Crippen LogP contribution in [0.4, 0.5) is 18.0 Å². The molecular formula is C35H36F3N7O8S. The van der Waals surface area contributed by atoms with Gasteiger partial charge in [0.05, 0.1) is 39.4 Å². The molecule has 3 aromatic carbocycles. The number of fused-ring (bicyclic) bond motifs is 1. The second kappa shape index (κ2) is 15.6. The maximum Gasteiger partial charge on any atom is 0.435 e. The highest BCUT2D eigenvalue weighted by Crippen LogP contribution is 2.33. The number of nitrogens with zero attached hydrogens (tertiary/aromatic N) is 6. The zero-order chi connectivity index (χ0) is 39.5. The number of aromatic nitrogens is 2. The van der Waals surface area contributed by atoms with Crippen molar-refractivity contribution in [2.24, 2.45) is 11.2 Å². The van der Waals surface area contributed by atoms with Gasteiger partial charge in [-0.05, 0) is 62.2 Å². The van der Waals surface area contributed by atoms with Crippen LogP contribution in [0.3, 0.4) is 0 Å². The van der Waals surface area contributed by atoms with Crippen LogP contribution in [-0.2, 0) is 25.8 Å². The molecule has 5 rings (SSSR count). The third-order valence-corrected chi connectivity index (χ3v) is 10.2. The number of rotatable bonds is 13. The molecule has 1 aliphatic heterocycles. The van der Waals surface area contributed by atoms with Gasteiger partial charge in [0.1, 0.15) is 12.6 Å². The maximum absolute atomic E-state index is 13.6. The van der Waals surface area contributed by atoms with Gasteiger partial charge in [0.25, 0.3) is 21.8 Å². The highest BCUT2D eigenvalue weighted by Gasteiger charge is 2.40. The van der Waals surface area contributed by atoms with E-state index in [1.165, 1.54) is 38.2 Å². The van der Waals surface area contributed by atoms with Crippen molar-refractivity contribution in [3.05, 3.63) is 106 Å². The van der Waals surface area contributed by atoms with Gasteiger partial charge in [-0.25, -0.2) is 27.5 Å². The van der Waals surface area contributed by atoms with Crippen molar-refractivity contribution < 1.29 is 50.5 Å². The van der Waals surface area contributed by atoms with Gasteiger partial charge in [0.15, 0.2) is 5.69 Å². The molecule has 2 heterocycles.